The molecule has 0 aromatic rings. The molecular weight excluding hydrogens is 127 g/mol. The van der Waals surface area contributed by atoms with Gasteiger partial charge in [0, 0.05) is 0 Å². The molecule has 0 saturated heterocycles. The van der Waals surface area contributed by atoms with Crippen LogP contribution in [0.25, 0.3) is 0 Å². The van der Waals surface area contributed by atoms with Gasteiger partial charge >= 0.3 is 22.6 Å². The summed E-state index contributed by atoms with van der Waals surface area (Å²) in [6, 6.07) is 0. The van der Waals surface area contributed by atoms with Crippen molar-refractivity contribution >= 4 is 28.6 Å². The number of carboxylic acid groups (broad SMARTS) is 1. The normalized spacial score (nSPS) is 8.00. The van der Waals surface area contributed by atoms with E-state index in [1.54, 1.807) is 16.6 Å². The SMILES string of the molecule is O=C(O)CC(=O)[O][Al]. The van der Waals surface area contributed by atoms with Crippen molar-refractivity contribution in [2.45, 2.75) is 6.42 Å². The van der Waals surface area contributed by atoms with Gasteiger partial charge in [-0.1, -0.05) is 0 Å². The molecule has 0 amide bonds. The molecule has 4 nitrogen and oxygen atoms in total. The highest BCUT2D eigenvalue weighted by molar-refractivity contribution is 6.07. The Kier molecular flexibility index (Phi) is 3.24. The lowest BCUT2D eigenvalue weighted by molar-refractivity contribution is -0.145. The van der Waals surface area contributed by atoms with Gasteiger partial charge in [0.05, 0.1) is 0 Å². The molecule has 0 saturated carbocycles. The van der Waals surface area contributed by atoms with Gasteiger partial charge in [-0.05, 0) is 0 Å². The second-order valence-corrected chi connectivity index (χ2v) is 1.30. The molecule has 0 unspecified atom stereocenters. The molecular formula is C3H3AlO4. The summed E-state index contributed by atoms with van der Waals surface area (Å²) in [6.45, 7) is 0. The third kappa shape index (κ3) is 3.66. The minimum atomic E-state index is -1.18. The van der Waals surface area contributed by atoms with Crippen LogP contribution in [0.3, 0.4) is 0 Å². The molecule has 0 aliphatic rings. The van der Waals surface area contributed by atoms with Gasteiger partial charge in [0.2, 0.25) is 0 Å². The molecule has 0 spiro atoms. The fourth-order valence-corrected chi connectivity index (χ4v) is 0.248. The Bertz CT molecular complexity index is 110. The molecule has 0 atom stereocenters. The number of hydrogen-bond acceptors (Lipinski definition) is 3. The maximum atomic E-state index is 10.00. The van der Waals surface area contributed by atoms with Crippen LogP contribution in [0.15, 0.2) is 0 Å². The summed E-state index contributed by atoms with van der Waals surface area (Å²) in [5, 5.41) is 7.90. The largest absolute Gasteiger partial charge is 0.628 e. The van der Waals surface area contributed by atoms with Crippen LogP contribution in [0.5, 0.6) is 0 Å². The van der Waals surface area contributed by atoms with Gasteiger partial charge in [0.25, 0.3) is 5.97 Å². The molecule has 0 aliphatic heterocycles. The van der Waals surface area contributed by atoms with Crippen molar-refractivity contribution in [1.82, 2.24) is 0 Å². The number of rotatable bonds is 2. The van der Waals surface area contributed by atoms with Crippen LogP contribution < -0.4 is 0 Å². The molecule has 0 heterocycles. The van der Waals surface area contributed by atoms with E-state index in [1.165, 1.54) is 0 Å². The number of hydrogen-bond donors (Lipinski definition) is 1. The Morgan fingerprint density at radius 2 is 2.12 bits per heavy atom. The first-order valence-corrected chi connectivity index (χ1v) is 2.25. The standard InChI is InChI=1S/C3H4O4.Al/c4-2(5)1-3(6)7;/h1H2,(H,4,5)(H,6,7);/q;+1/p-1. The van der Waals surface area contributed by atoms with E-state index in [0.717, 1.165) is 0 Å². The van der Waals surface area contributed by atoms with Gasteiger partial charge in [-0.15, -0.1) is 0 Å². The van der Waals surface area contributed by atoms with E-state index in [0.29, 0.717) is 0 Å². The fraction of sp³-hybridized carbons (Fsp3) is 0.333. The average Bonchev–Trinajstić information content (AvgIpc) is 1.65. The molecule has 0 rings (SSSR count). The summed E-state index contributed by atoms with van der Waals surface area (Å²) in [7, 11) is 0. The highest BCUT2D eigenvalue weighted by atomic mass is 27.1. The van der Waals surface area contributed by atoms with Crippen molar-refractivity contribution in [3.8, 4) is 0 Å². The summed E-state index contributed by atoms with van der Waals surface area (Å²) in [6.07, 6.45) is -0.580. The number of carbonyl (C=O) groups is 2. The number of aliphatic carboxylic acids is 1. The van der Waals surface area contributed by atoms with E-state index < -0.39 is 18.4 Å². The highest BCUT2D eigenvalue weighted by Crippen LogP contribution is 1.80. The monoisotopic (exact) mass is 130 g/mol. The Labute approximate surface area is 54.2 Å². The number of carboxylic acids is 1. The zero-order valence-electron chi connectivity index (χ0n) is 3.96. The molecule has 0 aromatic carbocycles. The molecule has 0 bridgehead atoms. The van der Waals surface area contributed by atoms with E-state index in [2.05, 4.69) is 3.79 Å². The van der Waals surface area contributed by atoms with E-state index in [-0.39, 0.29) is 0 Å². The molecule has 5 heteroatoms. The third-order valence-electron chi connectivity index (χ3n) is 0.427. The Morgan fingerprint density at radius 3 is 2.25 bits per heavy atom. The lowest BCUT2D eigenvalue weighted by Gasteiger charge is -1.93. The summed E-state index contributed by atoms with van der Waals surface area (Å²) in [5.41, 5.74) is 0. The van der Waals surface area contributed by atoms with Gasteiger partial charge in [-0.25, -0.2) is 0 Å². The van der Waals surface area contributed by atoms with E-state index in [9.17, 15) is 9.59 Å². The van der Waals surface area contributed by atoms with Gasteiger partial charge in [-0.3, -0.25) is 9.59 Å². The summed E-state index contributed by atoms with van der Waals surface area (Å²) >= 11 is 1.67. The minimum absolute atomic E-state index is 0.580. The summed E-state index contributed by atoms with van der Waals surface area (Å²) in [5.74, 6) is -1.94. The molecule has 0 aliphatic carbocycles. The molecule has 42 valence electrons. The second kappa shape index (κ2) is 3.47. The van der Waals surface area contributed by atoms with E-state index >= 15 is 0 Å². The Balaban J connectivity index is 3.40. The van der Waals surface area contributed by atoms with Crippen molar-refractivity contribution < 1.29 is 18.5 Å². The van der Waals surface area contributed by atoms with Crippen molar-refractivity contribution in [3.63, 3.8) is 0 Å². The highest BCUT2D eigenvalue weighted by Gasteiger charge is 2.03. The van der Waals surface area contributed by atoms with Crippen molar-refractivity contribution in [2.24, 2.45) is 0 Å². The van der Waals surface area contributed by atoms with Crippen molar-refractivity contribution in [2.75, 3.05) is 0 Å². The second-order valence-electron chi connectivity index (χ2n) is 1.06. The maximum Gasteiger partial charge on any atom is 0.484 e. The van der Waals surface area contributed by atoms with E-state index in [1.807, 2.05) is 0 Å². The van der Waals surface area contributed by atoms with Gasteiger partial charge in [0.1, 0.15) is 6.42 Å². The average molecular weight is 130 g/mol. The molecule has 2 radical (unpaired) electrons. The Hall–Kier alpha value is -0.528. The van der Waals surface area contributed by atoms with Crippen molar-refractivity contribution in [3.05, 3.63) is 0 Å². The quantitative estimate of drug-likeness (QED) is 0.388. The van der Waals surface area contributed by atoms with Crippen LogP contribution in [-0.2, 0) is 13.4 Å². The van der Waals surface area contributed by atoms with Crippen LogP contribution in [0.1, 0.15) is 6.42 Å². The predicted molar refractivity (Wildman–Crippen MR) is 24.1 cm³/mol. The fourth-order valence-electron chi connectivity index (χ4n) is 0.165. The van der Waals surface area contributed by atoms with Gasteiger partial charge in [0.15, 0.2) is 0 Å². The lowest BCUT2D eigenvalue weighted by atomic mass is 10.5. The first-order valence-electron chi connectivity index (χ1n) is 1.78. The summed E-state index contributed by atoms with van der Waals surface area (Å²) < 4.78 is 3.96. The predicted octanol–water partition coefficient (Wildman–Crippen LogP) is -0.912. The van der Waals surface area contributed by atoms with E-state index in [4.69, 9.17) is 5.11 Å². The lowest BCUT2D eigenvalue weighted by Crippen LogP contribution is -2.08. The Morgan fingerprint density at radius 1 is 1.62 bits per heavy atom. The first kappa shape index (κ1) is 7.47. The van der Waals surface area contributed by atoms with Crippen molar-refractivity contribution in [1.29, 1.82) is 0 Å². The zero-order chi connectivity index (χ0) is 6.57. The molecule has 0 aromatic heterocycles. The molecule has 0 fully saturated rings. The topological polar surface area (TPSA) is 63.6 Å². The minimum Gasteiger partial charge on any atom is -0.628 e. The third-order valence-corrected chi connectivity index (χ3v) is 0.690. The van der Waals surface area contributed by atoms with Crippen LogP contribution in [-0.4, -0.2) is 33.7 Å². The molecule has 8 heavy (non-hydrogen) atoms. The van der Waals surface area contributed by atoms with Crippen LogP contribution >= 0.6 is 0 Å². The van der Waals surface area contributed by atoms with Gasteiger partial charge in [-0.2, -0.15) is 0 Å². The van der Waals surface area contributed by atoms with Crippen LogP contribution in [0.2, 0.25) is 0 Å². The smallest absolute Gasteiger partial charge is 0.484 e. The van der Waals surface area contributed by atoms with Gasteiger partial charge < -0.3 is 8.90 Å². The zero-order valence-corrected chi connectivity index (χ0v) is 5.11. The number of carbonyl (C=O) groups excluding carboxylic acids is 1. The first-order chi connectivity index (χ1) is 3.66. The van der Waals surface area contributed by atoms with Crippen LogP contribution in [0.4, 0.5) is 0 Å². The van der Waals surface area contributed by atoms with Crippen LogP contribution in [0, 0.1) is 0 Å². The maximum absolute atomic E-state index is 10.00. The summed E-state index contributed by atoms with van der Waals surface area (Å²) in [4.78, 5) is 19.7. The molecule has 1 N–H and O–H groups in total.